The van der Waals surface area contributed by atoms with Crippen LogP contribution in [-0.2, 0) is 9.53 Å². The lowest BCUT2D eigenvalue weighted by molar-refractivity contribution is -0.121. The highest BCUT2D eigenvalue weighted by molar-refractivity contribution is 5.78. The van der Waals surface area contributed by atoms with Crippen molar-refractivity contribution >= 4 is 12.0 Å². The predicted octanol–water partition coefficient (Wildman–Crippen LogP) is -1.49. The van der Waals surface area contributed by atoms with Gasteiger partial charge >= 0.3 is 6.09 Å². The molecule has 6 nitrogen and oxygen atoms in total. The fraction of sp³-hybridized carbons (Fsp3) is 0.714. The molecule has 2 amide bonds. The van der Waals surface area contributed by atoms with Crippen molar-refractivity contribution in [1.82, 2.24) is 10.2 Å². The molecule has 0 radical (unpaired) electrons. The summed E-state index contributed by atoms with van der Waals surface area (Å²) in [4.78, 5) is 23.2. The molecule has 13 heavy (non-hydrogen) atoms. The number of hydrogen-bond acceptors (Lipinski definition) is 4. The Morgan fingerprint density at radius 3 is 2.69 bits per heavy atom. The van der Waals surface area contributed by atoms with Gasteiger partial charge < -0.3 is 20.7 Å². The highest BCUT2D eigenvalue weighted by Crippen LogP contribution is 2.08. The van der Waals surface area contributed by atoms with Crippen molar-refractivity contribution in [1.29, 1.82) is 0 Å². The number of amides is 2. The zero-order valence-electron chi connectivity index (χ0n) is 7.45. The molecule has 0 aromatic rings. The van der Waals surface area contributed by atoms with E-state index >= 15 is 0 Å². The first kappa shape index (κ1) is 9.79. The van der Waals surface area contributed by atoms with Crippen LogP contribution in [-0.4, -0.2) is 49.7 Å². The second-order valence-electron chi connectivity index (χ2n) is 2.84. The van der Waals surface area contributed by atoms with Gasteiger partial charge in [-0.25, -0.2) is 4.79 Å². The molecule has 0 unspecified atom stereocenters. The highest BCUT2D eigenvalue weighted by atomic mass is 16.5. The zero-order chi connectivity index (χ0) is 9.84. The van der Waals surface area contributed by atoms with Gasteiger partial charge in [0.1, 0.15) is 0 Å². The maximum atomic E-state index is 10.9. The van der Waals surface area contributed by atoms with Crippen LogP contribution in [0.2, 0.25) is 0 Å². The summed E-state index contributed by atoms with van der Waals surface area (Å²) in [5.74, 6) is -0.200. The molecule has 0 aliphatic carbocycles. The van der Waals surface area contributed by atoms with Gasteiger partial charge in [-0.05, 0) is 0 Å². The van der Waals surface area contributed by atoms with E-state index in [1.54, 1.807) is 0 Å². The van der Waals surface area contributed by atoms with E-state index in [4.69, 9.17) is 5.73 Å². The van der Waals surface area contributed by atoms with Crippen molar-refractivity contribution in [2.24, 2.45) is 5.73 Å². The average Bonchev–Trinajstić information content (AvgIpc) is 2.08. The van der Waals surface area contributed by atoms with Gasteiger partial charge in [0.05, 0.1) is 19.7 Å². The molecule has 0 saturated carbocycles. The lowest BCUT2D eigenvalue weighted by Gasteiger charge is -2.38. The first-order chi connectivity index (χ1) is 6.17. The summed E-state index contributed by atoms with van der Waals surface area (Å²) in [6.45, 7) is 0.978. The molecular formula is C7H13N3O3. The van der Waals surface area contributed by atoms with E-state index in [1.807, 2.05) is 0 Å². The second kappa shape index (κ2) is 4.08. The van der Waals surface area contributed by atoms with Gasteiger partial charge in [-0.2, -0.15) is 0 Å². The molecule has 0 bridgehead atoms. The quantitative estimate of drug-likeness (QED) is 0.551. The van der Waals surface area contributed by atoms with Crippen LogP contribution in [0.25, 0.3) is 0 Å². The summed E-state index contributed by atoms with van der Waals surface area (Å²) in [7, 11) is 1.33. The number of nitrogens with two attached hydrogens (primary N) is 1. The SMILES string of the molecule is COC(=O)N1CC(NC(=O)CN)C1. The van der Waals surface area contributed by atoms with E-state index in [2.05, 4.69) is 10.1 Å². The summed E-state index contributed by atoms with van der Waals surface area (Å²) >= 11 is 0. The predicted molar refractivity (Wildman–Crippen MR) is 45.0 cm³/mol. The van der Waals surface area contributed by atoms with E-state index in [1.165, 1.54) is 12.0 Å². The molecule has 1 aliphatic heterocycles. The number of hydrogen-bond donors (Lipinski definition) is 2. The Morgan fingerprint density at radius 1 is 1.62 bits per heavy atom. The summed E-state index contributed by atoms with van der Waals surface area (Å²) < 4.78 is 4.48. The van der Waals surface area contributed by atoms with Crippen LogP contribution in [0, 0.1) is 0 Å². The normalized spacial score (nSPS) is 16.3. The number of nitrogens with zero attached hydrogens (tertiary/aromatic N) is 1. The van der Waals surface area contributed by atoms with Crippen molar-refractivity contribution in [3.05, 3.63) is 0 Å². The first-order valence-corrected chi connectivity index (χ1v) is 3.99. The van der Waals surface area contributed by atoms with Crippen molar-refractivity contribution in [2.75, 3.05) is 26.7 Å². The minimum Gasteiger partial charge on any atom is -0.453 e. The molecule has 0 aromatic carbocycles. The number of rotatable bonds is 2. The summed E-state index contributed by atoms with van der Waals surface area (Å²) in [5.41, 5.74) is 5.10. The zero-order valence-corrected chi connectivity index (χ0v) is 7.45. The van der Waals surface area contributed by atoms with Crippen molar-refractivity contribution in [2.45, 2.75) is 6.04 Å². The Kier molecular flexibility index (Phi) is 3.07. The Morgan fingerprint density at radius 2 is 2.23 bits per heavy atom. The number of likely N-dealkylation sites (tertiary alicyclic amines) is 1. The number of ether oxygens (including phenoxy) is 1. The molecule has 1 rings (SSSR count). The van der Waals surface area contributed by atoms with Gasteiger partial charge in [0, 0.05) is 13.1 Å². The largest absolute Gasteiger partial charge is 0.453 e. The summed E-state index contributed by atoms with van der Waals surface area (Å²) in [6, 6.07) is 0.0233. The number of carbonyl (C=O) groups excluding carboxylic acids is 2. The molecule has 1 saturated heterocycles. The van der Waals surface area contributed by atoms with Crippen LogP contribution in [0.5, 0.6) is 0 Å². The molecule has 6 heteroatoms. The molecule has 3 N–H and O–H groups in total. The van der Waals surface area contributed by atoms with Gasteiger partial charge in [0.15, 0.2) is 0 Å². The minimum atomic E-state index is -0.363. The van der Waals surface area contributed by atoms with E-state index in [-0.39, 0.29) is 24.6 Å². The molecule has 0 atom stereocenters. The minimum absolute atomic E-state index is 0.0191. The maximum absolute atomic E-state index is 10.9. The highest BCUT2D eigenvalue weighted by Gasteiger charge is 2.31. The van der Waals surface area contributed by atoms with E-state index in [0.717, 1.165) is 0 Å². The Labute approximate surface area is 76.0 Å². The van der Waals surface area contributed by atoms with Crippen LogP contribution in [0.4, 0.5) is 4.79 Å². The van der Waals surface area contributed by atoms with Gasteiger partial charge in [-0.3, -0.25) is 4.79 Å². The van der Waals surface area contributed by atoms with Gasteiger partial charge in [-0.1, -0.05) is 0 Å². The van der Waals surface area contributed by atoms with E-state index in [0.29, 0.717) is 13.1 Å². The van der Waals surface area contributed by atoms with Crippen molar-refractivity contribution in [3.8, 4) is 0 Å². The molecule has 1 fully saturated rings. The third-order valence-corrected chi connectivity index (χ3v) is 1.86. The Bertz CT molecular complexity index is 213. The molecule has 1 aliphatic rings. The summed E-state index contributed by atoms with van der Waals surface area (Å²) in [5, 5.41) is 2.66. The second-order valence-corrected chi connectivity index (χ2v) is 2.84. The lowest BCUT2D eigenvalue weighted by atomic mass is 10.1. The standard InChI is InChI=1S/C7H13N3O3/c1-13-7(12)10-3-5(4-10)9-6(11)2-8/h5H,2-4,8H2,1H3,(H,9,11). The van der Waals surface area contributed by atoms with Crippen LogP contribution in [0.1, 0.15) is 0 Å². The average molecular weight is 187 g/mol. The number of methoxy groups -OCH3 is 1. The first-order valence-electron chi connectivity index (χ1n) is 3.99. The topological polar surface area (TPSA) is 84.7 Å². The molecule has 74 valence electrons. The monoisotopic (exact) mass is 187 g/mol. The van der Waals surface area contributed by atoms with Crippen LogP contribution in [0.3, 0.4) is 0 Å². The Hall–Kier alpha value is -1.30. The molecular weight excluding hydrogens is 174 g/mol. The third-order valence-electron chi connectivity index (χ3n) is 1.86. The molecule has 0 spiro atoms. The van der Waals surface area contributed by atoms with Crippen LogP contribution < -0.4 is 11.1 Å². The molecule has 0 aromatic heterocycles. The van der Waals surface area contributed by atoms with Crippen molar-refractivity contribution < 1.29 is 14.3 Å². The van der Waals surface area contributed by atoms with Gasteiger partial charge in [0.2, 0.25) is 5.91 Å². The summed E-state index contributed by atoms with van der Waals surface area (Å²) in [6.07, 6.45) is -0.363. The van der Waals surface area contributed by atoms with E-state index in [9.17, 15) is 9.59 Å². The van der Waals surface area contributed by atoms with Crippen molar-refractivity contribution in [3.63, 3.8) is 0 Å². The molecule has 1 heterocycles. The van der Waals surface area contributed by atoms with Gasteiger partial charge in [0.25, 0.3) is 0 Å². The smallest absolute Gasteiger partial charge is 0.409 e. The van der Waals surface area contributed by atoms with E-state index < -0.39 is 0 Å². The van der Waals surface area contributed by atoms with Crippen LogP contribution in [0.15, 0.2) is 0 Å². The Balaban J connectivity index is 2.18. The number of carbonyl (C=O) groups is 2. The lowest BCUT2D eigenvalue weighted by Crippen LogP contribution is -2.61. The maximum Gasteiger partial charge on any atom is 0.409 e. The van der Waals surface area contributed by atoms with Gasteiger partial charge in [-0.15, -0.1) is 0 Å². The fourth-order valence-corrected chi connectivity index (χ4v) is 1.13. The fourth-order valence-electron chi connectivity index (χ4n) is 1.13. The third kappa shape index (κ3) is 2.32. The van der Waals surface area contributed by atoms with Crippen LogP contribution >= 0.6 is 0 Å². The number of nitrogens with one attached hydrogen (secondary N) is 1.